The van der Waals surface area contributed by atoms with Crippen LogP contribution in [-0.2, 0) is 15.6 Å². The first kappa shape index (κ1) is 24.3. The van der Waals surface area contributed by atoms with Crippen LogP contribution in [0.3, 0.4) is 0 Å². The number of nitrogens with zero attached hydrogens (tertiary/aromatic N) is 3. The number of imide groups is 1. The predicted molar refractivity (Wildman–Crippen MR) is 124 cm³/mol. The second-order valence-corrected chi connectivity index (χ2v) is 15.9. The fourth-order valence-electron chi connectivity index (χ4n) is 2.86. The molecule has 0 spiro atoms. The number of rotatable bonds is 4. The molecule has 1 aromatic rings. The number of amides is 2. The van der Waals surface area contributed by atoms with Crippen LogP contribution < -0.4 is 0 Å². The molecular formula is C20H34IN3O4Si. The number of carbonyl (C=O) groups excluding carboxylic acids is 2. The largest absolute Gasteiger partial charge is 0.443 e. The minimum Gasteiger partial charge on any atom is -0.443 e. The van der Waals surface area contributed by atoms with Crippen LogP contribution in [-0.4, -0.2) is 53.8 Å². The molecule has 2 amide bonds. The summed E-state index contributed by atoms with van der Waals surface area (Å²) in [5.74, 6) is -0.352. The Morgan fingerprint density at radius 3 is 2.31 bits per heavy atom. The third-order valence-corrected chi connectivity index (χ3v) is 10.9. The van der Waals surface area contributed by atoms with Crippen molar-refractivity contribution in [1.29, 1.82) is 0 Å². The SMILES string of the molecule is CCc1c(I)nn2c1C(=O)N(C(=O)OC(C)(C)C)CC2CO[Si](C)(C)C(C)(C)C. The first-order valence-electron chi connectivity index (χ1n) is 10.0. The molecule has 1 aliphatic heterocycles. The Morgan fingerprint density at radius 1 is 1.24 bits per heavy atom. The van der Waals surface area contributed by atoms with Crippen molar-refractivity contribution in [2.45, 2.75) is 84.7 Å². The van der Waals surface area contributed by atoms with E-state index < -0.39 is 20.0 Å². The Hall–Kier alpha value is -0.943. The first-order chi connectivity index (χ1) is 13.1. The summed E-state index contributed by atoms with van der Waals surface area (Å²) >= 11 is 2.15. The van der Waals surface area contributed by atoms with Gasteiger partial charge < -0.3 is 9.16 Å². The fourth-order valence-corrected chi connectivity index (χ4v) is 4.77. The summed E-state index contributed by atoms with van der Waals surface area (Å²) < 4.78 is 14.5. The normalized spacial score (nSPS) is 18.1. The summed E-state index contributed by atoms with van der Waals surface area (Å²) in [7, 11) is -1.99. The molecule has 2 heterocycles. The van der Waals surface area contributed by atoms with Crippen molar-refractivity contribution >= 4 is 42.9 Å². The smallest absolute Gasteiger partial charge is 0.417 e. The molecule has 1 atom stereocenters. The van der Waals surface area contributed by atoms with E-state index in [0.29, 0.717) is 18.7 Å². The van der Waals surface area contributed by atoms with E-state index in [1.807, 2.05) is 6.92 Å². The molecule has 1 aromatic heterocycles. The van der Waals surface area contributed by atoms with Crippen molar-refractivity contribution in [3.63, 3.8) is 0 Å². The van der Waals surface area contributed by atoms with Crippen molar-refractivity contribution in [3.05, 3.63) is 15.0 Å². The molecular weight excluding hydrogens is 501 g/mol. The van der Waals surface area contributed by atoms with Crippen LogP contribution in [0.2, 0.25) is 18.1 Å². The molecule has 0 radical (unpaired) electrons. The van der Waals surface area contributed by atoms with Crippen LogP contribution in [0.25, 0.3) is 0 Å². The summed E-state index contributed by atoms with van der Waals surface area (Å²) in [5.41, 5.74) is 0.656. The molecule has 0 bridgehead atoms. The van der Waals surface area contributed by atoms with E-state index in [9.17, 15) is 9.59 Å². The number of halogens is 1. The van der Waals surface area contributed by atoms with Crippen molar-refractivity contribution in [2.24, 2.45) is 0 Å². The average molecular weight is 535 g/mol. The molecule has 9 heteroatoms. The second kappa shape index (κ2) is 8.30. The number of carbonyl (C=O) groups is 2. The van der Waals surface area contributed by atoms with Crippen LogP contribution in [0.4, 0.5) is 4.79 Å². The molecule has 7 nitrogen and oxygen atoms in total. The van der Waals surface area contributed by atoms with Gasteiger partial charge >= 0.3 is 6.09 Å². The quantitative estimate of drug-likeness (QED) is 0.401. The van der Waals surface area contributed by atoms with Gasteiger partial charge in [-0.05, 0) is 67.9 Å². The molecule has 0 aliphatic carbocycles. The molecule has 1 aliphatic rings. The van der Waals surface area contributed by atoms with Gasteiger partial charge in [0.25, 0.3) is 5.91 Å². The van der Waals surface area contributed by atoms with Crippen molar-refractivity contribution in [2.75, 3.05) is 13.2 Å². The Balaban J connectivity index is 2.40. The lowest BCUT2D eigenvalue weighted by molar-refractivity contribution is 0.0160. The topological polar surface area (TPSA) is 73.7 Å². The Kier molecular flexibility index (Phi) is 6.96. The van der Waals surface area contributed by atoms with E-state index in [4.69, 9.17) is 9.16 Å². The lowest BCUT2D eigenvalue weighted by atomic mass is 10.1. The summed E-state index contributed by atoms with van der Waals surface area (Å²) in [6.07, 6.45) is 0.0430. The maximum Gasteiger partial charge on any atom is 0.417 e. The van der Waals surface area contributed by atoms with E-state index in [-0.39, 0.29) is 23.5 Å². The molecule has 0 aromatic carbocycles. The van der Waals surface area contributed by atoms with Gasteiger partial charge in [-0.2, -0.15) is 5.10 Å². The third-order valence-electron chi connectivity index (χ3n) is 5.56. The van der Waals surface area contributed by atoms with Gasteiger partial charge in [0, 0.05) is 5.56 Å². The number of ether oxygens (including phenoxy) is 1. The highest BCUT2D eigenvalue weighted by atomic mass is 127. The zero-order valence-electron chi connectivity index (χ0n) is 19.1. The molecule has 164 valence electrons. The molecule has 0 fully saturated rings. The highest BCUT2D eigenvalue weighted by Gasteiger charge is 2.42. The van der Waals surface area contributed by atoms with Crippen molar-refractivity contribution in [1.82, 2.24) is 14.7 Å². The van der Waals surface area contributed by atoms with Gasteiger partial charge in [0.1, 0.15) is 15.0 Å². The van der Waals surface area contributed by atoms with E-state index in [1.165, 1.54) is 4.90 Å². The van der Waals surface area contributed by atoms with Gasteiger partial charge in [-0.25, -0.2) is 9.69 Å². The molecule has 2 rings (SSSR count). The van der Waals surface area contributed by atoms with Gasteiger partial charge in [0.15, 0.2) is 8.32 Å². The standard InChI is InChI=1S/C20H34IN3O4Si/c1-10-14-15-17(25)23(18(26)28-19(2,3)4)11-13(24(15)22-16(14)21)12-27-29(8,9)20(5,6)7/h13H,10-12H2,1-9H3. The average Bonchev–Trinajstić information content (AvgIpc) is 2.88. The van der Waals surface area contributed by atoms with Gasteiger partial charge in [0.05, 0.1) is 19.2 Å². The number of hydrogen-bond donors (Lipinski definition) is 0. The summed E-state index contributed by atoms with van der Waals surface area (Å²) in [5, 5.41) is 4.69. The van der Waals surface area contributed by atoms with Crippen LogP contribution >= 0.6 is 22.6 Å². The molecule has 0 saturated carbocycles. The van der Waals surface area contributed by atoms with E-state index in [0.717, 1.165) is 9.26 Å². The van der Waals surface area contributed by atoms with E-state index >= 15 is 0 Å². The Labute approximate surface area is 188 Å². The zero-order chi connectivity index (χ0) is 22.4. The Bertz CT molecular complexity index is 793. The lowest BCUT2D eigenvalue weighted by Crippen LogP contribution is -2.51. The predicted octanol–water partition coefficient (Wildman–Crippen LogP) is 5.00. The molecule has 29 heavy (non-hydrogen) atoms. The molecule has 0 N–H and O–H groups in total. The minimum absolute atomic E-state index is 0.0677. The minimum atomic E-state index is -1.99. The monoisotopic (exact) mass is 535 g/mol. The number of hydrogen-bond acceptors (Lipinski definition) is 5. The van der Waals surface area contributed by atoms with Crippen LogP contribution in [0.15, 0.2) is 0 Å². The van der Waals surface area contributed by atoms with Crippen LogP contribution in [0.1, 0.15) is 70.6 Å². The van der Waals surface area contributed by atoms with E-state index in [2.05, 4.69) is 61.6 Å². The summed E-state index contributed by atoms with van der Waals surface area (Å²) in [6, 6.07) is -0.238. The first-order valence-corrected chi connectivity index (χ1v) is 14.0. The van der Waals surface area contributed by atoms with Gasteiger partial charge in [-0.1, -0.05) is 27.7 Å². The number of fused-ring (bicyclic) bond motifs is 1. The van der Waals surface area contributed by atoms with Crippen molar-refractivity contribution < 1.29 is 18.8 Å². The summed E-state index contributed by atoms with van der Waals surface area (Å²) in [4.78, 5) is 27.1. The van der Waals surface area contributed by atoms with Gasteiger partial charge in [-0.3, -0.25) is 9.48 Å². The maximum absolute atomic E-state index is 13.2. The fraction of sp³-hybridized carbons (Fsp3) is 0.750. The lowest BCUT2D eigenvalue weighted by Gasteiger charge is -2.39. The molecule has 1 unspecified atom stereocenters. The van der Waals surface area contributed by atoms with Gasteiger partial charge in [0.2, 0.25) is 0 Å². The Morgan fingerprint density at radius 2 is 1.83 bits per heavy atom. The van der Waals surface area contributed by atoms with Crippen molar-refractivity contribution in [3.8, 4) is 0 Å². The zero-order valence-corrected chi connectivity index (χ0v) is 22.2. The van der Waals surface area contributed by atoms with E-state index in [1.54, 1.807) is 25.5 Å². The summed E-state index contributed by atoms with van der Waals surface area (Å²) in [6.45, 7) is 18.9. The van der Waals surface area contributed by atoms with Crippen LogP contribution in [0, 0.1) is 3.70 Å². The molecule has 0 saturated heterocycles. The highest BCUT2D eigenvalue weighted by molar-refractivity contribution is 14.1. The third kappa shape index (κ3) is 5.22. The van der Waals surface area contributed by atoms with Crippen LogP contribution in [0.5, 0.6) is 0 Å². The second-order valence-electron chi connectivity index (χ2n) is 10.0. The van der Waals surface area contributed by atoms with Gasteiger partial charge in [-0.15, -0.1) is 0 Å². The maximum atomic E-state index is 13.2. The number of aromatic nitrogens is 2. The highest BCUT2D eigenvalue weighted by Crippen LogP contribution is 2.37.